The number of nitrogens with one attached hydrogen (secondary N) is 1. The van der Waals surface area contributed by atoms with Crippen molar-refractivity contribution in [3.63, 3.8) is 0 Å². The largest absolute Gasteiger partial charge is 0.444 e. The Morgan fingerprint density at radius 3 is 2.45 bits per heavy atom. The lowest BCUT2D eigenvalue weighted by molar-refractivity contribution is -0.115. The molecular weight excluding hydrogens is 414 g/mol. The second-order valence-electron chi connectivity index (χ2n) is 8.91. The summed E-state index contributed by atoms with van der Waals surface area (Å²) in [6.07, 6.45) is 1.71. The van der Waals surface area contributed by atoms with Crippen LogP contribution in [-0.2, 0) is 16.0 Å². The number of aromatic nitrogens is 2. The van der Waals surface area contributed by atoms with Gasteiger partial charge in [-0.2, -0.15) is 0 Å². The molecule has 0 unspecified atom stereocenters. The van der Waals surface area contributed by atoms with Gasteiger partial charge in [-0.05, 0) is 32.9 Å². The molecule has 2 aromatic rings. The summed E-state index contributed by atoms with van der Waals surface area (Å²) in [6.45, 7) is 12.4. The predicted molar refractivity (Wildman–Crippen MR) is 123 cm³/mol. The number of thiazole rings is 1. The van der Waals surface area contributed by atoms with Gasteiger partial charge in [0.05, 0.1) is 29.0 Å². The molecule has 0 aliphatic carbocycles. The van der Waals surface area contributed by atoms with E-state index in [0.717, 1.165) is 16.4 Å². The molecule has 0 bridgehead atoms. The first kappa shape index (κ1) is 23.0. The number of nitrogens with zero attached hydrogens (tertiary/aromatic N) is 4. The van der Waals surface area contributed by atoms with E-state index >= 15 is 0 Å². The molecule has 31 heavy (non-hydrogen) atoms. The van der Waals surface area contributed by atoms with Crippen LogP contribution in [0.1, 0.15) is 51.2 Å². The summed E-state index contributed by atoms with van der Waals surface area (Å²) in [5.74, 6) is 0.745. The summed E-state index contributed by atoms with van der Waals surface area (Å²) in [5, 5.41) is 5.80. The molecular formula is C22H31N5O3S. The van der Waals surface area contributed by atoms with E-state index in [1.807, 2.05) is 32.2 Å². The third kappa shape index (κ3) is 6.65. The number of pyridine rings is 1. The number of hydrogen-bond acceptors (Lipinski definition) is 7. The van der Waals surface area contributed by atoms with Gasteiger partial charge < -0.3 is 19.9 Å². The van der Waals surface area contributed by atoms with Crippen LogP contribution in [0.3, 0.4) is 0 Å². The minimum atomic E-state index is -0.491. The van der Waals surface area contributed by atoms with E-state index in [1.54, 1.807) is 28.5 Å². The highest BCUT2D eigenvalue weighted by Gasteiger charge is 2.26. The number of carbonyl (C=O) groups is 2. The van der Waals surface area contributed by atoms with E-state index in [2.05, 4.69) is 34.0 Å². The molecule has 0 aromatic carbocycles. The molecule has 0 atom stereocenters. The van der Waals surface area contributed by atoms with Gasteiger partial charge in [-0.15, -0.1) is 11.3 Å². The Balaban J connectivity index is 1.49. The van der Waals surface area contributed by atoms with E-state index in [-0.39, 0.29) is 18.4 Å². The molecule has 1 aliphatic heterocycles. The van der Waals surface area contributed by atoms with E-state index in [9.17, 15) is 9.59 Å². The zero-order valence-electron chi connectivity index (χ0n) is 18.8. The van der Waals surface area contributed by atoms with Crippen LogP contribution in [0, 0.1) is 0 Å². The molecule has 1 fully saturated rings. The van der Waals surface area contributed by atoms with E-state index in [4.69, 9.17) is 4.74 Å². The third-order valence-corrected chi connectivity index (χ3v) is 5.91. The molecule has 9 heteroatoms. The Kier molecular flexibility index (Phi) is 7.15. The maximum Gasteiger partial charge on any atom is 0.410 e. The van der Waals surface area contributed by atoms with Crippen LogP contribution in [0.15, 0.2) is 23.7 Å². The summed E-state index contributed by atoms with van der Waals surface area (Å²) in [4.78, 5) is 37.3. The monoisotopic (exact) mass is 445 g/mol. The zero-order chi connectivity index (χ0) is 22.6. The summed E-state index contributed by atoms with van der Waals surface area (Å²) < 4.78 is 5.44. The first-order chi connectivity index (χ1) is 14.6. The lowest BCUT2D eigenvalue weighted by atomic mass is 10.2. The second-order valence-corrected chi connectivity index (χ2v) is 9.80. The fraction of sp³-hybridized carbons (Fsp3) is 0.545. The van der Waals surface area contributed by atoms with Gasteiger partial charge in [-0.3, -0.25) is 4.79 Å². The Labute approximate surface area is 187 Å². The van der Waals surface area contributed by atoms with Gasteiger partial charge in [-0.25, -0.2) is 14.8 Å². The molecule has 0 radical (unpaired) electrons. The lowest BCUT2D eigenvalue weighted by Crippen LogP contribution is -2.50. The van der Waals surface area contributed by atoms with E-state index in [0.29, 0.717) is 37.9 Å². The average Bonchev–Trinajstić information content (AvgIpc) is 3.16. The zero-order valence-corrected chi connectivity index (χ0v) is 19.7. The number of ether oxygens (including phenoxy) is 1. The number of anilines is 2. The van der Waals surface area contributed by atoms with Crippen molar-refractivity contribution in [2.45, 2.75) is 52.6 Å². The number of piperazine rings is 1. The molecule has 8 nitrogen and oxygen atoms in total. The van der Waals surface area contributed by atoms with Crippen LogP contribution in [0.5, 0.6) is 0 Å². The van der Waals surface area contributed by atoms with Gasteiger partial charge in [0.2, 0.25) is 5.91 Å². The highest BCUT2D eigenvalue weighted by molar-refractivity contribution is 7.09. The van der Waals surface area contributed by atoms with Crippen molar-refractivity contribution in [1.29, 1.82) is 0 Å². The maximum absolute atomic E-state index is 12.3. The van der Waals surface area contributed by atoms with Gasteiger partial charge in [0.25, 0.3) is 0 Å². The van der Waals surface area contributed by atoms with Crippen LogP contribution in [-0.4, -0.2) is 58.6 Å². The van der Waals surface area contributed by atoms with Gasteiger partial charge in [0, 0.05) is 37.5 Å². The van der Waals surface area contributed by atoms with Crippen LogP contribution in [0.4, 0.5) is 16.3 Å². The Hall–Kier alpha value is -2.68. The number of rotatable bonds is 5. The van der Waals surface area contributed by atoms with Crippen molar-refractivity contribution in [1.82, 2.24) is 14.9 Å². The molecule has 2 amide bonds. The Morgan fingerprint density at radius 2 is 1.90 bits per heavy atom. The molecule has 2 aromatic heterocycles. The van der Waals surface area contributed by atoms with Crippen molar-refractivity contribution in [3.8, 4) is 0 Å². The van der Waals surface area contributed by atoms with Gasteiger partial charge in [0.1, 0.15) is 11.4 Å². The molecule has 168 valence electrons. The number of amides is 2. The van der Waals surface area contributed by atoms with Crippen molar-refractivity contribution >= 4 is 34.8 Å². The van der Waals surface area contributed by atoms with Crippen molar-refractivity contribution in [3.05, 3.63) is 34.4 Å². The van der Waals surface area contributed by atoms with Crippen molar-refractivity contribution in [2.75, 3.05) is 36.4 Å². The summed E-state index contributed by atoms with van der Waals surface area (Å²) in [6, 6.07) is 3.74. The topological polar surface area (TPSA) is 87.7 Å². The summed E-state index contributed by atoms with van der Waals surface area (Å²) >= 11 is 1.58. The van der Waals surface area contributed by atoms with E-state index < -0.39 is 5.60 Å². The highest BCUT2D eigenvalue weighted by atomic mass is 32.1. The molecule has 1 aliphatic rings. The standard InChI is InChI=1S/C22H31N5O3S/c1-15(2)20-24-16(14-31-20)12-19(28)25-18-7-6-17(13-23-18)26-8-10-27(11-9-26)21(29)30-22(3,4)5/h6-7,13-15H,8-12H2,1-5H3,(H,23,25,28). The number of hydrogen-bond donors (Lipinski definition) is 1. The third-order valence-electron chi connectivity index (χ3n) is 4.72. The van der Waals surface area contributed by atoms with Gasteiger partial charge in [-0.1, -0.05) is 13.8 Å². The predicted octanol–water partition coefficient (Wildman–Crippen LogP) is 3.90. The highest BCUT2D eigenvalue weighted by Crippen LogP contribution is 2.21. The second kappa shape index (κ2) is 9.64. The fourth-order valence-electron chi connectivity index (χ4n) is 3.14. The summed E-state index contributed by atoms with van der Waals surface area (Å²) in [5.41, 5.74) is 1.25. The fourth-order valence-corrected chi connectivity index (χ4v) is 3.98. The first-order valence-electron chi connectivity index (χ1n) is 10.5. The molecule has 3 rings (SSSR count). The van der Waals surface area contributed by atoms with Crippen LogP contribution < -0.4 is 10.2 Å². The minimum Gasteiger partial charge on any atom is -0.444 e. The average molecular weight is 446 g/mol. The number of carbonyl (C=O) groups excluding carboxylic acids is 2. The molecule has 1 saturated heterocycles. The van der Waals surface area contributed by atoms with Crippen molar-refractivity contribution < 1.29 is 14.3 Å². The quantitative estimate of drug-likeness (QED) is 0.751. The van der Waals surface area contributed by atoms with Crippen LogP contribution in [0.25, 0.3) is 0 Å². The van der Waals surface area contributed by atoms with Crippen molar-refractivity contribution in [2.24, 2.45) is 0 Å². The van der Waals surface area contributed by atoms with E-state index in [1.165, 1.54) is 0 Å². The molecule has 3 heterocycles. The molecule has 0 spiro atoms. The van der Waals surface area contributed by atoms with Crippen LogP contribution in [0.2, 0.25) is 0 Å². The van der Waals surface area contributed by atoms with Gasteiger partial charge >= 0.3 is 6.09 Å². The molecule has 0 saturated carbocycles. The first-order valence-corrected chi connectivity index (χ1v) is 11.4. The minimum absolute atomic E-state index is 0.133. The molecule has 1 N–H and O–H groups in total. The smallest absolute Gasteiger partial charge is 0.410 e. The van der Waals surface area contributed by atoms with Gasteiger partial charge in [0.15, 0.2) is 0 Å². The lowest BCUT2D eigenvalue weighted by Gasteiger charge is -2.36. The van der Waals surface area contributed by atoms with Crippen LogP contribution >= 0.6 is 11.3 Å². The Morgan fingerprint density at radius 1 is 1.19 bits per heavy atom. The summed E-state index contributed by atoms with van der Waals surface area (Å²) in [7, 11) is 0. The Bertz CT molecular complexity index is 897. The SMILES string of the molecule is CC(C)c1nc(CC(=O)Nc2ccc(N3CCN(C(=O)OC(C)(C)C)CC3)cn2)cs1. The maximum atomic E-state index is 12.3. The normalized spacial score (nSPS) is 14.6.